The van der Waals surface area contributed by atoms with Crippen LogP contribution in [0.3, 0.4) is 0 Å². The average Bonchev–Trinajstić information content (AvgIpc) is 4.21. The standard InChI is InChI=1S/4C11H20O.2C10H18O/c4*1-9(2)5-4-6-11(3)7-10(11)8-12;2*1-9(2)5-4-6-10(3)7-8-11/h4*5,10,12H,4,6-8H2,1-3H3;2*5,7,11H,4,6,8H2,1-3H3/b;;;;10-7+;10-7-/t2*10-,11+;2*10-,11-;;/m1010../s1. The van der Waals surface area contributed by atoms with Gasteiger partial charge in [-0.1, -0.05) is 121 Å². The van der Waals surface area contributed by atoms with Crippen LogP contribution in [0, 0.1) is 45.3 Å². The van der Waals surface area contributed by atoms with Crippen molar-refractivity contribution in [2.75, 3.05) is 39.6 Å². The second kappa shape index (κ2) is 37.4. The van der Waals surface area contributed by atoms with Crippen molar-refractivity contribution >= 4 is 0 Å². The molecule has 6 nitrogen and oxygen atoms in total. The molecule has 0 aromatic carbocycles. The predicted molar refractivity (Wildman–Crippen MR) is 307 cm³/mol. The fraction of sp³-hybridized carbons (Fsp3) is 0.750. The van der Waals surface area contributed by atoms with Crippen molar-refractivity contribution in [2.24, 2.45) is 45.3 Å². The van der Waals surface area contributed by atoms with Gasteiger partial charge in [-0.3, -0.25) is 0 Å². The Kier molecular flexibility index (Phi) is 37.3. The maximum absolute atomic E-state index is 8.93. The fourth-order valence-electron chi connectivity index (χ4n) is 8.84. The van der Waals surface area contributed by atoms with Crippen LogP contribution in [0.1, 0.15) is 227 Å². The summed E-state index contributed by atoms with van der Waals surface area (Å²) >= 11 is 0. The average molecular weight is 982 g/mol. The van der Waals surface area contributed by atoms with Crippen molar-refractivity contribution in [3.8, 4) is 0 Å². The first-order valence-electron chi connectivity index (χ1n) is 27.4. The second-order valence-electron chi connectivity index (χ2n) is 24.3. The Morgan fingerprint density at radius 3 is 0.643 bits per heavy atom. The lowest BCUT2D eigenvalue weighted by atomic mass is 9.99. The summed E-state index contributed by atoms with van der Waals surface area (Å²) in [4.78, 5) is 0. The van der Waals surface area contributed by atoms with E-state index in [1.807, 2.05) is 12.2 Å². The van der Waals surface area contributed by atoms with Crippen LogP contribution in [0.4, 0.5) is 0 Å². The molecule has 8 atom stereocenters. The maximum atomic E-state index is 8.93. The lowest BCUT2D eigenvalue weighted by Gasteiger charge is -2.07. The molecule has 0 aromatic heterocycles. The molecule has 6 heteroatoms. The highest BCUT2D eigenvalue weighted by molar-refractivity contribution is 5.06. The molecule has 0 radical (unpaired) electrons. The van der Waals surface area contributed by atoms with E-state index in [2.05, 4.69) is 161 Å². The Balaban J connectivity index is 0. The van der Waals surface area contributed by atoms with Gasteiger partial charge in [-0.25, -0.2) is 0 Å². The second-order valence-corrected chi connectivity index (χ2v) is 24.3. The van der Waals surface area contributed by atoms with Crippen LogP contribution in [0.15, 0.2) is 93.2 Å². The Labute approximate surface area is 434 Å². The molecule has 6 N–H and O–H groups in total. The van der Waals surface area contributed by atoms with Crippen molar-refractivity contribution in [3.05, 3.63) is 93.2 Å². The molecule has 4 aliphatic carbocycles. The van der Waals surface area contributed by atoms with Gasteiger partial charge in [0.15, 0.2) is 0 Å². The summed E-state index contributed by atoms with van der Waals surface area (Å²) in [5, 5.41) is 52.8. The summed E-state index contributed by atoms with van der Waals surface area (Å²) in [5.74, 6) is 2.34. The molecule has 4 fully saturated rings. The highest BCUT2D eigenvalue weighted by atomic mass is 16.3. The van der Waals surface area contributed by atoms with E-state index in [0.29, 0.717) is 71.8 Å². The summed E-state index contributed by atoms with van der Waals surface area (Å²) in [6.07, 6.45) is 36.2. The third-order valence-electron chi connectivity index (χ3n) is 15.2. The van der Waals surface area contributed by atoms with Crippen molar-refractivity contribution in [1.29, 1.82) is 0 Å². The number of allylic oxidation sites excluding steroid dienone is 14. The molecule has 408 valence electrons. The first-order valence-corrected chi connectivity index (χ1v) is 27.4. The van der Waals surface area contributed by atoms with Gasteiger partial charge in [0, 0.05) is 26.4 Å². The van der Waals surface area contributed by atoms with Gasteiger partial charge in [0.25, 0.3) is 0 Å². The molecule has 0 amide bonds. The van der Waals surface area contributed by atoms with Gasteiger partial charge in [0.2, 0.25) is 0 Å². The van der Waals surface area contributed by atoms with Crippen molar-refractivity contribution in [3.63, 3.8) is 0 Å². The van der Waals surface area contributed by atoms with Crippen LogP contribution < -0.4 is 0 Å². The van der Waals surface area contributed by atoms with E-state index >= 15 is 0 Å². The summed E-state index contributed by atoms with van der Waals surface area (Å²) in [6.45, 7) is 40.6. The summed E-state index contributed by atoms with van der Waals surface area (Å²) < 4.78 is 0. The van der Waals surface area contributed by atoms with Crippen LogP contribution >= 0.6 is 0 Å². The van der Waals surface area contributed by atoms with Gasteiger partial charge < -0.3 is 30.6 Å². The van der Waals surface area contributed by atoms with E-state index in [4.69, 9.17) is 30.6 Å². The van der Waals surface area contributed by atoms with Gasteiger partial charge in [-0.15, -0.1) is 0 Å². The Hall–Kier alpha value is -2.32. The highest BCUT2D eigenvalue weighted by Gasteiger charge is 2.50. The van der Waals surface area contributed by atoms with Gasteiger partial charge in [-0.05, 0) is 245 Å². The number of aliphatic hydroxyl groups excluding tert-OH is 6. The maximum Gasteiger partial charge on any atom is 0.0614 e. The van der Waals surface area contributed by atoms with Crippen LogP contribution in [0.25, 0.3) is 0 Å². The molecule has 4 saturated carbocycles. The molecule has 0 aliphatic heterocycles. The van der Waals surface area contributed by atoms with E-state index in [9.17, 15) is 0 Å². The van der Waals surface area contributed by atoms with Gasteiger partial charge >= 0.3 is 0 Å². The summed E-state index contributed by atoms with van der Waals surface area (Å²) in [7, 11) is 0. The molecule has 70 heavy (non-hydrogen) atoms. The first kappa shape index (κ1) is 69.8. The fourth-order valence-corrected chi connectivity index (χ4v) is 8.84. The number of rotatable bonds is 24. The van der Waals surface area contributed by atoms with Gasteiger partial charge in [0.05, 0.1) is 13.2 Å². The normalized spacial score (nSPS) is 26.3. The Bertz CT molecular complexity index is 1440. The van der Waals surface area contributed by atoms with E-state index in [-0.39, 0.29) is 13.2 Å². The van der Waals surface area contributed by atoms with Crippen LogP contribution in [-0.4, -0.2) is 70.3 Å². The number of aliphatic hydroxyl groups is 6. The van der Waals surface area contributed by atoms with E-state index in [0.717, 1.165) is 25.7 Å². The zero-order valence-electron chi connectivity index (χ0n) is 49.2. The third kappa shape index (κ3) is 35.7. The van der Waals surface area contributed by atoms with Crippen molar-refractivity contribution in [2.45, 2.75) is 227 Å². The summed E-state index contributed by atoms with van der Waals surface area (Å²) in [5.41, 5.74) is 12.7. The minimum Gasteiger partial charge on any atom is -0.396 e. The Morgan fingerprint density at radius 2 is 0.500 bits per heavy atom. The van der Waals surface area contributed by atoms with Crippen LogP contribution in [0.5, 0.6) is 0 Å². The zero-order chi connectivity index (χ0) is 54.1. The minimum atomic E-state index is 0.167. The molecule has 4 aliphatic rings. The topological polar surface area (TPSA) is 121 Å². The lowest BCUT2D eigenvalue weighted by Crippen LogP contribution is -2.00. The first-order chi connectivity index (χ1) is 32.7. The molecule has 0 saturated heterocycles. The molecule has 0 unspecified atom stereocenters. The third-order valence-corrected chi connectivity index (χ3v) is 15.2. The smallest absolute Gasteiger partial charge is 0.0614 e. The summed E-state index contributed by atoms with van der Waals surface area (Å²) in [6, 6.07) is 0. The van der Waals surface area contributed by atoms with Crippen LogP contribution in [-0.2, 0) is 0 Å². The molecule has 0 heterocycles. The van der Waals surface area contributed by atoms with Crippen molar-refractivity contribution < 1.29 is 30.6 Å². The minimum absolute atomic E-state index is 0.167. The molecule has 4 rings (SSSR count). The predicted octanol–water partition coefficient (Wildman–Crippen LogP) is 16.3. The van der Waals surface area contributed by atoms with Crippen molar-refractivity contribution in [1.82, 2.24) is 0 Å². The van der Waals surface area contributed by atoms with Gasteiger partial charge in [0.1, 0.15) is 0 Å². The zero-order valence-corrected chi connectivity index (χ0v) is 49.2. The molecular formula is C64H116O6. The SMILES string of the molecule is CC(C)=CCC/C(C)=C/CO.CC(C)=CCC/C(C)=C\CO.CC(C)=CCC[C@@]1(C)C[C@@H]1CO.CC(C)=CCC[C@@]1(C)C[C@H]1CO.CC(C)=CCC[C@]1(C)C[C@@H]1CO.CC(C)=CCC[C@]1(C)C[C@H]1CO. The largest absolute Gasteiger partial charge is 0.396 e. The lowest BCUT2D eigenvalue weighted by molar-refractivity contribution is 0.250. The van der Waals surface area contributed by atoms with E-state index < -0.39 is 0 Å². The van der Waals surface area contributed by atoms with Crippen LogP contribution in [0.2, 0.25) is 0 Å². The van der Waals surface area contributed by atoms with Gasteiger partial charge in [-0.2, -0.15) is 0 Å². The van der Waals surface area contributed by atoms with E-state index in [1.54, 1.807) is 0 Å². The molecule has 0 spiro atoms. The molecule has 0 aromatic rings. The molecular weight excluding hydrogens is 865 g/mol. The molecule has 0 bridgehead atoms. The quantitative estimate of drug-likeness (QED) is 0.0536. The number of hydrogen-bond acceptors (Lipinski definition) is 6. The monoisotopic (exact) mass is 981 g/mol. The highest BCUT2D eigenvalue weighted by Crippen LogP contribution is 2.57. The van der Waals surface area contributed by atoms with E-state index in [1.165, 1.54) is 122 Å². The number of hydrogen-bond donors (Lipinski definition) is 6. The Morgan fingerprint density at radius 1 is 0.314 bits per heavy atom.